The first-order valence-corrected chi connectivity index (χ1v) is 33.4. The van der Waals surface area contributed by atoms with E-state index in [-0.39, 0.29) is 146 Å². The van der Waals surface area contributed by atoms with E-state index < -0.39 is 68.5 Å². The Morgan fingerprint density at radius 1 is 0.625 bits per heavy atom. The summed E-state index contributed by atoms with van der Waals surface area (Å²) in [5, 5.41) is 22.6. The molecule has 484 valence electrons. The molecule has 0 aliphatic heterocycles. The number of nitrogens with one attached hydrogen (secondary N) is 5. The Morgan fingerprint density at radius 2 is 1.12 bits per heavy atom. The molecule has 0 aliphatic rings. The van der Waals surface area contributed by atoms with Crippen LogP contribution < -0.4 is 102 Å². The molecular weight excluding hydrogens is 1170 g/mol. The van der Waals surface area contributed by atoms with E-state index in [1.54, 1.807) is 12.1 Å². The number of fused-ring (bicyclic) bond motifs is 1. The number of aromatic nitrogens is 4. The molecule has 0 saturated heterocycles. The number of hydrogen-bond donors (Lipinski definition) is 6. The summed E-state index contributed by atoms with van der Waals surface area (Å²) >= 11 is 0. The smallest absolute Gasteiger partial charge is 0.756 e. The van der Waals surface area contributed by atoms with Gasteiger partial charge in [-0.25, -0.2) is 9.97 Å². The number of rotatable bonds is 53. The number of nitrogens with zero attached hydrogens (tertiary/aromatic N) is 3. The molecule has 0 radical (unpaired) electrons. The predicted molar refractivity (Wildman–Crippen MR) is 327 cm³/mol. The minimum absolute atomic E-state index is 0. The monoisotopic (exact) mass is 1270 g/mol. The number of aliphatic carboxylic acids is 1. The average molecular weight is 1270 g/mol. The van der Waals surface area contributed by atoms with Crippen LogP contribution in [0.25, 0.3) is 11.2 Å². The maximum Gasteiger partial charge on any atom is 1.00 e. The van der Waals surface area contributed by atoms with Crippen LogP contribution in [0.15, 0.2) is 35.3 Å². The number of carboxylic acid groups (broad SMARTS) is 1. The number of phosphoric ester groups is 1. The zero-order valence-corrected chi connectivity index (χ0v) is 58.3. The number of aromatic amines is 1. The van der Waals surface area contributed by atoms with Crippen LogP contribution in [0.1, 0.15) is 248 Å². The maximum atomic E-state index is 12.9. The van der Waals surface area contributed by atoms with Crippen LogP contribution in [0.3, 0.4) is 0 Å². The van der Waals surface area contributed by atoms with Crippen molar-refractivity contribution in [3.05, 3.63) is 52.1 Å². The van der Waals surface area contributed by atoms with E-state index in [9.17, 15) is 48.1 Å². The van der Waals surface area contributed by atoms with Crippen molar-refractivity contribution in [2.75, 3.05) is 44.0 Å². The third kappa shape index (κ3) is 40.7. The quantitative estimate of drug-likeness (QED) is 0.0204. The number of esters is 2. The number of amides is 3. The third-order valence-electron chi connectivity index (χ3n) is 14.5. The molecule has 0 spiro atoms. The Bertz CT molecular complexity index is 2530. The summed E-state index contributed by atoms with van der Waals surface area (Å²) in [6, 6.07) is 4.71. The van der Waals surface area contributed by atoms with E-state index in [2.05, 4.69) is 55.1 Å². The second-order valence-corrected chi connectivity index (χ2v) is 23.6. The fraction of sp³-hybridized carbons (Fsp3) is 0.710. The Morgan fingerprint density at radius 3 is 1.68 bits per heavy atom. The fourth-order valence-corrected chi connectivity index (χ4v) is 10.2. The second kappa shape index (κ2) is 51.6. The molecule has 7 N–H and O–H groups in total. The number of ether oxygens (including phenoxy) is 2. The Hall–Kier alpha value is -4.03. The van der Waals surface area contributed by atoms with Crippen LogP contribution in [-0.2, 0) is 53.6 Å². The average Bonchev–Trinajstić information content (AvgIpc) is 2.37. The molecule has 0 bridgehead atoms. The van der Waals surface area contributed by atoms with Crippen LogP contribution in [0.4, 0.5) is 11.6 Å². The zero-order chi connectivity index (χ0) is 62.5. The van der Waals surface area contributed by atoms with Crippen molar-refractivity contribution < 1.29 is 121 Å². The van der Waals surface area contributed by atoms with Gasteiger partial charge in [0.15, 0.2) is 17.3 Å². The van der Waals surface area contributed by atoms with Crippen molar-refractivity contribution in [3.8, 4) is 0 Å². The van der Waals surface area contributed by atoms with Gasteiger partial charge in [-0.05, 0) is 56.4 Å². The molecule has 3 rings (SSSR count). The number of nitrogens with two attached hydrogens (primary N) is 1. The van der Waals surface area contributed by atoms with Gasteiger partial charge < -0.3 is 60.3 Å². The number of anilines is 2. The molecule has 1 aromatic carbocycles. The molecule has 88 heavy (non-hydrogen) atoms. The number of H-pyrrole nitrogens is 1. The summed E-state index contributed by atoms with van der Waals surface area (Å²) in [5.41, 5.74) is 6.36. The normalized spacial score (nSPS) is 12.4. The van der Waals surface area contributed by atoms with Gasteiger partial charge in [-0.15, -0.1) is 0 Å². The van der Waals surface area contributed by atoms with E-state index in [0.29, 0.717) is 43.5 Å². The van der Waals surface area contributed by atoms with Crippen molar-refractivity contribution in [1.29, 1.82) is 0 Å². The van der Waals surface area contributed by atoms with E-state index in [0.717, 1.165) is 38.5 Å². The molecule has 3 amide bonds. The molecule has 1 unspecified atom stereocenters. The summed E-state index contributed by atoms with van der Waals surface area (Å²) in [7, 11) is -4.92. The van der Waals surface area contributed by atoms with Crippen molar-refractivity contribution >= 4 is 66.3 Å². The van der Waals surface area contributed by atoms with E-state index >= 15 is 0 Å². The van der Waals surface area contributed by atoms with Crippen molar-refractivity contribution in [2.45, 2.75) is 251 Å². The molecule has 0 aliphatic carbocycles. The van der Waals surface area contributed by atoms with E-state index in [1.165, 1.54) is 134 Å². The van der Waals surface area contributed by atoms with Crippen LogP contribution in [0, 0.1) is 0 Å². The number of carbonyl (C=O) groups is 6. The molecule has 23 nitrogen and oxygen atoms in total. The molecular formula is C62H100N9Na2O14P. The maximum absolute atomic E-state index is 12.9. The van der Waals surface area contributed by atoms with Gasteiger partial charge in [-0.1, -0.05) is 174 Å². The summed E-state index contributed by atoms with van der Waals surface area (Å²) < 4.78 is 33.7. The van der Waals surface area contributed by atoms with Crippen molar-refractivity contribution in [1.82, 2.24) is 35.9 Å². The largest absolute Gasteiger partial charge is 1.00 e. The van der Waals surface area contributed by atoms with Gasteiger partial charge in [0.25, 0.3) is 19.3 Å². The van der Waals surface area contributed by atoms with Crippen LogP contribution in [0.5, 0.6) is 0 Å². The van der Waals surface area contributed by atoms with Gasteiger partial charge in [0.2, 0.25) is 17.8 Å². The van der Waals surface area contributed by atoms with Gasteiger partial charge >= 0.3 is 71.1 Å². The van der Waals surface area contributed by atoms with Crippen LogP contribution in [-0.4, -0.2) is 101 Å². The molecule has 26 heteroatoms. The van der Waals surface area contributed by atoms with Crippen LogP contribution in [0.2, 0.25) is 0 Å². The molecule has 3 aromatic rings. The summed E-state index contributed by atoms with van der Waals surface area (Å²) in [4.78, 5) is 115. The van der Waals surface area contributed by atoms with Gasteiger partial charge in [0.1, 0.15) is 6.61 Å². The Balaban J connectivity index is 0.0000194. The van der Waals surface area contributed by atoms with Crippen molar-refractivity contribution in [3.63, 3.8) is 0 Å². The van der Waals surface area contributed by atoms with Gasteiger partial charge in [0, 0.05) is 50.0 Å². The minimum atomic E-state index is -4.92. The molecule has 3 atom stereocenters. The number of nitrogen functional groups attached to an aromatic ring is 1. The Kier molecular flexibility index (Phi) is 48.0. The molecule has 2 aromatic heterocycles. The number of phosphoric acid groups is 1. The number of unbranched alkanes of at least 4 members (excludes halogenated alkanes) is 26. The number of carboxylic acids is 1. The SMILES string of the molecule is CCCCCCCCCCCCCCCC(=O)OC[C@H](COP(=O)([O-])OCCNC(=O)CCCCCNC(=O)CC[C@H](NC(=O)c1ccc(NCc2cnc3nc(N)[nH]c(=O)c3n2)cc1)C(=O)[O-])OC(=O)CCCCCCCCCCCCCCC.[Na+].[Na+]. The van der Waals surface area contributed by atoms with Gasteiger partial charge in [0.05, 0.1) is 43.7 Å². The number of hydrogen-bond acceptors (Lipinski definition) is 19. The molecule has 0 saturated carbocycles. The molecule has 2 heterocycles. The zero-order valence-electron chi connectivity index (χ0n) is 53.4. The van der Waals surface area contributed by atoms with Gasteiger partial charge in [-0.3, -0.25) is 38.3 Å². The number of carbonyl (C=O) groups excluding carboxylic acids is 6. The first kappa shape index (κ1) is 82.0. The van der Waals surface area contributed by atoms with E-state index in [1.807, 2.05) is 0 Å². The standard InChI is InChI=1S/C62H102N9O14P.2Na/c1-3-5-7-9-11-13-15-17-19-21-23-25-29-33-55(74)82-46-51(85-56(75)34-30-26-24-22-20-18-16-14-12-10-8-6-4-2)47-84-86(80,81)83-43-42-65-53(72)32-28-27-31-41-64-54(73)40-39-52(61(78)79)69-59(76)48-35-37-49(38-36-48)66-44-50-45-67-58-57(68-50)60(77)71-62(63)70-58;;/h35-38,45,51-52,66H,3-34,39-44,46-47H2,1-2H3,(H,64,73)(H,65,72)(H,69,76)(H,78,79)(H,80,81)(H3,63,67,70,71,77);;/q;2*+1/p-2/t51-,52+;;/m1../s1. The number of benzene rings is 1. The topological polar surface area (TPSA) is 348 Å². The first-order valence-electron chi connectivity index (χ1n) is 31.9. The Labute approximate surface area is 565 Å². The predicted octanol–water partition coefficient (Wildman–Crippen LogP) is 3.26. The molecule has 0 fully saturated rings. The minimum Gasteiger partial charge on any atom is -0.756 e. The summed E-state index contributed by atoms with van der Waals surface area (Å²) in [5.74, 6) is -4.11. The fourth-order valence-electron chi connectivity index (χ4n) is 9.50. The summed E-state index contributed by atoms with van der Waals surface area (Å²) in [6.07, 6.45) is 32.1. The van der Waals surface area contributed by atoms with Gasteiger partial charge in [-0.2, -0.15) is 4.98 Å². The third-order valence-corrected chi connectivity index (χ3v) is 15.5. The van der Waals surface area contributed by atoms with Crippen LogP contribution >= 0.6 is 7.82 Å². The summed E-state index contributed by atoms with van der Waals surface area (Å²) in [6.45, 7) is 3.35. The second-order valence-electron chi connectivity index (χ2n) is 22.2. The first-order chi connectivity index (χ1) is 41.6. The van der Waals surface area contributed by atoms with E-state index in [4.69, 9.17) is 24.3 Å². The van der Waals surface area contributed by atoms with Crippen molar-refractivity contribution in [2.24, 2.45) is 0 Å².